The minimum absolute atomic E-state index is 0.609. The van der Waals surface area contributed by atoms with Gasteiger partial charge in [-0.1, -0.05) is 382 Å². The van der Waals surface area contributed by atoms with Gasteiger partial charge in [0.1, 0.15) is 0 Å². The highest BCUT2D eigenvalue weighted by Crippen LogP contribution is 2.52. The summed E-state index contributed by atoms with van der Waals surface area (Å²) in [6.07, 6.45) is 0. The van der Waals surface area contributed by atoms with Crippen molar-refractivity contribution >= 4 is 107 Å². The Balaban J connectivity index is 0.000000145. The lowest BCUT2D eigenvalue weighted by molar-refractivity contribution is 1.07. The Hall–Kier alpha value is -17.5. The molecule has 26 aromatic rings. The van der Waals surface area contributed by atoms with Crippen molar-refractivity contribution < 1.29 is 0 Å². The number of rotatable bonds is 16. The molecule has 26 rings (SSSR count). The van der Waals surface area contributed by atoms with E-state index in [0.717, 1.165) is 123 Å². The summed E-state index contributed by atoms with van der Waals surface area (Å²) in [5, 5.41) is 9.97. The zero-order valence-corrected chi connectivity index (χ0v) is 75.2. The molecule has 0 spiro atoms. The molecule has 136 heavy (non-hydrogen) atoms. The zero-order chi connectivity index (χ0) is 89.9. The Morgan fingerprint density at radius 1 is 0.140 bits per heavy atom. The predicted molar refractivity (Wildman–Crippen MR) is 570 cm³/mol. The van der Waals surface area contributed by atoms with Gasteiger partial charge in [0.05, 0.1) is 22.1 Å². The van der Waals surface area contributed by atoms with E-state index in [1.54, 1.807) is 0 Å². The number of hydrogen-bond acceptors (Lipinski definition) is 8. The number of nitrogens with zero attached hydrogens (tertiary/aromatic N) is 8. The van der Waals surface area contributed by atoms with Gasteiger partial charge in [0.25, 0.3) is 0 Å². The van der Waals surface area contributed by atoms with Crippen LogP contribution in [-0.4, -0.2) is 39.0 Å². The molecule has 6 aromatic heterocycles. The van der Waals surface area contributed by atoms with Crippen LogP contribution in [0.25, 0.3) is 253 Å². The molecule has 0 unspecified atom stereocenters. The molecule has 0 aliphatic heterocycles. The fraction of sp³-hybridized carbons (Fsp3) is 0. The average molecular weight is 1770 g/mol. The molecule has 8 nitrogen and oxygen atoms in total. The first-order chi connectivity index (χ1) is 67.4. The second kappa shape index (κ2) is 34.6. The molecule has 0 saturated carbocycles. The third-order valence-corrected chi connectivity index (χ3v) is 28.4. The summed E-state index contributed by atoms with van der Waals surface area (Å²) < 4.78 is 9.79. The topological polar surface area (TPSA) is 87.2 Å². The first kappa shape index (κ1) is 80.5. The second-order valence-electron chi connectivity index (χ2n) is 34.2. The summed E-state index contributed by atoms with van der Waals surface area (Å²) in [6.45, 7) is 0. The summed E-state index contributed by atoms with van der Waals surface area (Å²) in [5.74, 6) is 3.71. The minimum atomic E-state index is 0.609. The molecule has 0 atom stereocenters. The van der Waals surface area contributed by atoms with Gasteiger partial charge in [0, 0.05) is 107 Å². The molecule has 0 amide bonds. The van der Waals surface area contributed by atoms with Crippen LogP contribution in [-0.2, 0) is 0 Å². The SMILES string of the molecule is c1ccc(-c2ccc(-c3ccccc3)c(-c3ccc(-c4ccc5sc6ccc7c(c8ccccc8n7-c7ccccc7)c6c5c4)c(-c4nc(-c5ccccc5)nc(-c5ccccc5)n4)c3)c2)cc1.c1ccc(-c2ccc(-c3ccccc3)c(-c3ccc(-c4cccc5sc6ccc7c(c8ccccc8n7-c7ccccc7)c6c45)c(-c4nc(-c5ccccc5)nc(-c5ccccc5)n4)c3)c2)cc1. The Kier molecular flexibility index (Phi) is 20.5. The van der Waals surface area contributed by atoms with Gasteiger partial charge in [-0.05, 0) is 192 Å². The summed E-state index contributed by atoms with van der Waals surface area (Å²) >= 11 is 3.70. The maximum Gasteiger partial charge on any atom is 0.164 e. The first-order valence-corrected chi connectivity index (χ1v) is 47.5. The number of thiophene rings is 2. The molecule has 10 heteroatoms. The molecule has 0 radical (unpaired) electrons. The molecule has 0 aliphatic rings. The van der Waals surface area contributed by atoms with Crippen molar-refractivity contribution in [1.82, 2.24) is 39.0 Å². The van der Waals surface area contributed by atoms with Gasteiger partial charge in [-0.2, -0.15) is 0 Å². The number of aromatic nitrogens is 8. The molecule has 0 saturated heterocycles. The van der Waals surface area contributed by atoms with E-state index in [1.165, 1.54) is 95.1 Å². The maximum absolute atomic E-state index is 5.40. The number of hydrogen-bond donors (Lipinski definition) is 0. The number of benzene rings is 20. The lowest BCUT2D eigenvalue weighted by Gasteiger charge is -2.17. The third kappa shape index (κ3) is 14.7. The van der Waals surface area contributed by atoms with Gasteiger partial charge in [-0.15, -0.1) is 22.7 Å². The quantitative estimate of drug-likeness (QED) is 0.0958. The first-order valence-electron chi connectivity index (χ1n) is 45.9. The standard InChI is InChI=1S/2C63H40N4S/c1-6-19-41(20-7-1)45-33-35-48(42-21-8-2-9-22-42)52(39-45)46-34-36-49(53(40-46)63-65-61(43-23-10-3-11-24-43)64-62(66-63)44-25-12-4-13-26-44)50-30-18-32-56-59(50)60-57(68-56)38-37-55-58(60)51-29-16-17-31-54(51)67(55)47-27-14-5-15-28-47;1-6-18-41(19-7-1)45-30-33-49(42-20-8-2-9-21-42)52(38-45)47-31-34-50(53(39-47)63-65-61(43-22-10-3-11-23-43)64-62(66-63)44-24-12-4-13-25-44)46-32-36-57-54(40-46)60-58(68-57)37-35-56-59(60)51-28-16-17-29-55(51)67(56)48-26-14-5-15-27-48/h2*1-40H. The summed E-state index contributed by atoms with van der Waals surface area (Å²) in [6, 6.07) is 173. The van der Waals surface area contributed by atoms with Gasteiger partial charge < -0.3 is 9.13 Å². The van der Waals surface area contributed by atoms with Crippen LogP contribution in [0.5, 0.6) is 0 Å². The Labute approximate surface area is 793 Å². The van der Waals surface area contributed by atoms with Crippen LogP contribution in [0.4, 0.5) is 0 Å². The summed E-state index contributed by atoms with van der Waals surface area (Å²) in [7, 11) is 0. The molecule has 0 fully saturated rings. The van der Waals surface area contributed by atoms with Crippen LogP contribution in [0.15, 0.2) is 485 Å². The van der Waals surface area contributed by atoms with Crippen LogP contribution in [0.3, 0.4) is 0 Å². The van der Waals surface area contributed by atoms with Crippen LogP contribution in [0, 0.1) is 0 Å². The van der Waals surface area contributed by atoms with Crippen LogP contribution >= 0.6 is 22.7 Å². The maximum atomic E-state index is 5.40. The van der Waals surface area contributed by atoms with Gasteiger partial charge in [-0.25, -0.2) is 29.9 Å². The number of para-hydroxylation sites is 4. The van der Waals surface area contributed by atoms with E-state index in [4.69, 9.17) is 29.9 Å². The lowest BCUT2D eigenvalue weighted by atomic mass is 9.87. The van der Waals surface area contributed by atoms with E-state index in [2.05, 4.69) is 422 Å². The molecule has 0 bridgehead atoms. The third-order valence-electron chi connectivity index (χ3n) is 26.2. The van der Waals surface area contributed by atoms with Crippen LogP contribution < -0.4 is 0 Å². The van der Waals surface area contributed by atoms with E-state index in [9.17, 15) is 0 Å². The fourth-order valence-corrected chi connectivity index (χ4v) is 22.1. The smallest absolute Gasteiger partial charge is 0.164 e. The molecular formula is C126H80N8S2. The van der Waals surface area contributed by atoms with Crippen molar-refractivity contribution in [2.24, 2.45) is 0 Å². The monoisotopic (exact) mass is 1770 g/mol. The van der Waals surface area contributed by atoms with E-state index < -0.39 is 0 Å². The second-order valence-corrected chi connectivity index (χ2v) is 36.4. The van der Waals surface area contributed by atoms with E-state index in [-0.39, 0.29) is 0 Å². The highest BCUT2D eigenvalue weighted by atomic mass is 32.1. The normalized spacial score (nSPS) is 11.5. The van der Waals surface area contributed by atoms with Crippen molar-refractivity contribution in [2.75, 3.05) is 0 Å². The van der Waals surface area contributed by atoms with Gasteiger partial charge in [0.15, 0.2) is 34.9 Å². The number of fused-ring (bicyclic) bond motifs is 14. The van der Waals surface area contributed by atoms with Crippen molar-refractivity contribution in [3.05, 3.63) is 485 Å². The van der Waals surface area contributed by atoms with E-state index in [1.807, 2.05) is 95.5 Å². The van der Waals surface area contributed by atoms with Gasteiger partial charge in [0.2, 0.25) is 0 Å². The van der Waals surface area contributed by atoms with Gasteiger partial charge in [-0.3, -0.25) is 0 Å². The predicted octanol–water partition coefficient (Wildman–Crippen LogP) is 34.0. The molecule has 0 N–H and O–H groups in total. The largest absolute Gasteiger partial charge is 0.309 e. The Morgan fingerprint density at radius 3 is 0.875 bits per heavy atom. The van der Waals surface area contributed by atoms with E-state index in [0.29, 0.717) is 34.9 Å². The molecule has 6 heterocycles. The Morgan fingerprint density at radius 2 is 0.441 bits per heavy atom. The van der Waals surface area contributed by atoms with E-state index >= 15 is 0 Å². The average Bonchev–Trinajstić information content (AvgIpc) is 1.55. The Bertz CT molecular complexity index is 8930. The van der Waals surface area contributed by atoms with Crippen molar-refractivity contribution in [3.8, 4) is 169 Å². The van der Waals surface area contributed by atoms with Crippen molar-refractivity contribution in [3.63, 3.8) is 0 Å². The molecule has 636 valence electrons. The highest BCUT2D eigenvalue weighted by Gasteiger charge is 2.28. The molecular weight excluding hydrogens is 1690 g/mol. The van der Waals surface area contributed by atoms with Crippen molar-refractivity contribution in [2.45, 2.75) is 0 Å². The minimum Gasteiger partial charge on any atom is -0.309 e. The summed E-state index contributed by atoms with van der Waals surface area (Å²) in [5.41, 5.74) is 30.5. The molecule has 20 aromatic carbocycles. The van der Waals surface area contributed by atoms with Crippen LogP contribution in [0.1, 0.15) is 0 Å². The zero-order valence-electron chi connectivity index (χ0n) is 73.6. The highest BCUT2D eigenvalue weighted by molar-refractivity contribution is 7.26. The van der Waals surface area contributed by atoms with Crippen molar-refractivity contribution in [1.29, 1.82) is 0 Å². The summed E-state index contributed by atoms with van der Waals surface area (Å²) in [4.78, 5) is 31.7. The van der Waals surface area contributed by atoms with Crippen LogP contribution in [0.2, 0.25) is 0 Å². The fourth-order valence-electron chi connectivity index (χ4n) is 19.9. The van der Waals surface area contributed by atoms with Gasteiger partial charge >= 0.3 is 0 Å². The molecule has 0 aliphatic carbocycles. The lowest BCUT2D eigenvalue weighted by Crippen LogP contribution is -2.01.